The first-order valence-electron chi connectivity index (χ1n) is 8.35. The maximum Gasteiger partial charge on any atom is 0.0368 e. The van der Waals surface area contributed by atoms with E-state index in [2.05, 4.69) is 43.0 Å². The summed E-state index contributed by atoms with van der Waals surface area (Å²) in [4.78, 5) is 2.62. The van der Waals surface area contributed by atoms with E-state index in [9.17, 15) is 0 Å². The van der Waals surface area contributed by atoms with Crippen molar-refractivity contribution < 1.29 is 0 Å². The van der Waals surface area contributed by atoms with Gasteiger partial charge in [-0.1, -0.05) is 32.4 Å². The Balaban J connectivity index is 2.03. The number of nitrogens with two attached hydrogens (primary N) is 1. The summed E-state index contributed by atoms with van der Waals surface area (Å²) >= 11 is 0. The Morgan fingerprint density at radius 1 is 1.20 bits per heavy atom. The molecule has 2 atom stereocenters. The van der Waals surface area contributed by atoms with Crippen LogP contribution < -0.4 is 10.6 Å². The van der Waals surface area contributed by atoms with E-state index < -0.39 is 0 Å². The highest BCUT2D eigenvalue weighted by Crippen LogP contribution is 2.27. The van der Waals surface area contributed by atoms with Crippen molar-refractivity contribution in [3.8, 4) is 0 Å². The standard InChI is InChI=1S/C18H30N2/c1-3-7-17-8-5-6-13-20(17)18-11-9-15(10-12-18)14-16(19)4-2/h9-12,16-17H,3-8,13-14,19H2,1-2H3. The molecule has 0 aliphatic carbocycles. The van der Waals surface area contributed by atoms with Gasteiger partial charge in [0.2, 0.25) is 0 Å². The van der Waals surface area contributed by atoms with Crippen molar-refractivity contribution in [3.05, 3.63) is 29.8 Å². The number of hydrogen-bond acceptors (Lipinski definition) is 2. The Morgan fingerprint density at radius 3 is 2.60 bits per heavy atom. The van der Waals surface area contributed by atoms with Crippen LogP contribution in [0.5, 0.6) is 0 Å². The predicted molar refractivity (Wildman–Crippen MR) is 88.3 cm³/mol. The summed E-state index contributed by atoms with van der Waals surface area (Å²) in [5.41, 5.74) is 8.80. The molecule has 0 spiro atoms. The summed E-state index contributed by atoms with van der Waals surface area (Å²) in [6, 6.07) is 10.2. The molecule has 1 heterocycles. The number of anilines is 1. The molecule has 0 saturated carbocycles. The van der Waals surface area contributed by atoms with Crippen LogP contribution >= 0.6 is 0 Å². The molecule has 2 N–H and O–H groups in total. The van der Waals surface area contributed by atoms with Crippen molar-refractivity contribution in [1.82, 2.24) is 0 Å². The van der Waals surface area contributed by atoms with Gasteiger partial charge in [0.15, 0.2) is 0 Å². The largest absolute Gasteiger partial charge is 0.369 e. The Morgan fingerprint density at radius 2 is 1.95 bits per heavy atom. The van der Waals surface area contributed by atoms with Crippen LogP contribution in [0.1, 0.15) is 57.9 Å². The van der Waals surface area contributed by atoms with Gasteiger partial charge in [0.05, 0.1) is 0 Å². The van der Waals surface area contributed by atoms with Crippen molar-refractivity contribution in [2.45, 2.75) is 70.9 Å². The Bertz CT molecular complexity index is 383. The van der Waals surface area contributed by atoms with Gasteiger partial charge in [-0.15, -0.1) is 0 Å². The SMILES string of the molecule is CCCC1CCCCN1c1ccc(CC(N)CC)cc1. The molecule has 2 rings (SSSR count). The van der Waals surface area contributed by atoms with Crippen LogP contribution in [-0.4, -0.2) is 18.6 Å². The van der Waals surface area contributed by atoms with Crippen LogP contribution in [0.15, 0.2) is 24.3 Å². The minimum Gasteiger partial charge on any atom is -0.369 e. The molecule has 0 bridgehead atoms. The predicted octanol–water partition coefficient (Wildman–Crippen LogP) is 4.13. The molecule has 0 radical (unpaired) electrons. The van der Waals surface area contributed by atoms with Crippen molar-refractivity contribution in [2.24, 2.45) is 5.73 Å². The summed E-state index contributed by atoms with van der Waals surface area (Å²) in [5.74, 6) is 0. The number of rotatable bonds is 6. The number of hydrogen-bond donors (Lipinski definition) is 1. The molecule has 2 heteroatoms. The minimum atomic E-state index is 0.295. The number of nitrogens with zero attached hydrogens (tertiary/aromatic N) is 1. The molecule has 1 aliphatic rings. The lowest BCUT2D eigenvalue weighted by Crippen LogP contribution is -2.39. The highest BCUT2D eigenvalue weighted by atomic mass is 15.2. The zero-order valence-electron chi connectivity index (χ0n) is 13.1. The van der Waals surface area contributed by atoms with E-state index >= 15 is 0 Å². The summed E-state index contributed by atoms with van der Waals surface area (Å²) < 4.78 is 0. The summed E-state index contributed by atoms with van der Waals surface area (Å²) in [7, 11) is 0. The zero-order valence-corrected chi connectivity index (χ0v) is 13.1. The second-order valence-electron chi connectivity index (χ2n) is 6.17. The molecule has 112 valence electrons. The van der Waals surface area contributed by atoms with E-state index in [1.807, 2.05) is 0 Å². The van der Waals surface area contributed by atoms with Crippen LogP contribution in [0.3, 0.4) is 0 Å². The number of benzene rings is 1. The van der Waals surface area contributed by atoms with Crippen molar-refractivity contribution in [1.29, 1.82) is 0 Å². The topological polar surface area (TPSA) is 29.3 Å². The highest BCUT2D eigenvalue weighted by Gasteiger charge is 2.21. The average Bonchev–Trinajstić information content (AvgIpc) is 2.49. The van der Waals surface area contributed by atoms with Crippen molar-refractivity contribution in [3.63, 3.8) is 0 Å². The fourth-order valence-corrected chi connectivity index (χ4v) is 3.24. The second kappa shape index (κ2) is 7.68. The molecule has 1 aliphatic heterocycles. The van der Waals surface area contributed by atoms with Gasteiger partial charge in [0, 0.05) is 24.3 Å². The molecular weight excluding hydrogens is 244 g/mol. The fraction of sp³-hybridized carbons (Fsp3) is 0.667. The third kappa shape index (κ3) is 3.99. The summed E-state index contributed by atoms with van der Waals surface area (Å²) in [6.45, 7) is 5.67. The van der Waals surface area contributed by atoms with Crippen LogP contribution in [0.4, 0.5) is 5.69 Å². The molecular formula is C18H30N2. The van der Waals surface area contributed by atoms with Gasteiger partial charge in [-0.2, -0.15) is 0 Å². The normalized spacial score (nSPS) is 20.9. The molecule has 1 saturated heterocycles. The average molecular weight is 274 g/mol. The molecule has 2 nitrogen and oxygen atoms in total. The third-order valence-electron chi connectivity index (χ3n) is 4.54. The van der Waals surface area contributed by atoms with Crippen molar-refractivity contribution in [2.75, 3.05) is 11.4 Å². The minimum absolute atomic E-state index is 0.295. The van der Waals surface area contributed by atoms with Crippen LogP contribution in [-0.2, 0) is 6.42 Å². The zero-order chi connectivity index (χ0) is 14.4. The van der Waals surface area contributed by atoms with E-state index in [0.29, 0.717) is 6.04 Å². The third-order valence-corrected chi connectivity index (χ3v) is 4.54. The van der Waals surface area contributed by atoms with Gasteiger partial charge in [-0.05, 0) is 56.2 Å². The first kappa shape index (κ1) is 15.4. The number of piperidine rings is 1. The lowest BCUT2D eigenvalue weighted by molar-refractivity contribution is 0.435. The first-order chi connectivity index (χ1) is 9.74. The van der Waals surface area contributed by atoms with Gasteiger partial charge in [0.25, 0.3) is 0 Å². The van der Waals surface area contributed by atoms with Gasteiger partial charge in [-0.3, -0.25) is 0 Å². The molecule has 0 aromatic heterocycles. The van der Waals surface area contributed by atoms with E-state index in [0.717, 1.165) is 18.9 Å². The van der Waals surface area contributed by atoms with E-state index in [-0.39, 0.29) is 0 Å². The summed E-state index contributed by atoms with van der Waals surface area (Å²) in [5, 5.41) is 0. The summed E-state index contributed by atoms with van der Waals surface area (Å²) in [6.07, 6.45) is 8.73. The second-order valence-corrected chi connectivity index (χ2v) is 6.17. The molecule has 1 aromatic rings. The molecule has 1 fully saturated rings. The maximum atomic E-state index is 6.04. The van der Waals surface area contributed by atoms with Crippen molar-refractivity contribution >= 4 is 5.69 Å². The van der Waals surface area contributed by atoms with Gasteiger partial charge in [-0.25, -0.2) is 0 Å². The van der Waals surface area contributed by atoms with E-state index in [1.54, 1.807) is 0 Å². The van der Waals surface area contributed by atoms with E-state index in [1.165, 1.54) is 49.9 Å². The molecule has 2 unspecified atom stereocenters. The maximum absolute atomic E-state index is 6.04. The van der Waals surface area contributed by atoms with Gasteiger partial charge in [0.1, 0.15) is 0 Å². The quantitative estimate of drug-likeness (QED) is 0.845. The lowest BCUT2D eigenvalue weighted by atomic mass is 9.97. The van der Waals surface area contributed by atoms with Crippen LogP contribution in [0, 0.1) is 0 Å². The van der Waals surface area contributed by atoms with Crippen LogP contribution in [0.2, 0.25) is 0 Å². The Labute approximate surface area is 124 Å². The van der Waals surface area contributed by atoms with Gasteiger partial charge < -0.3 is 10.6 Å². The Kier molecular flexibility index (Phi) is 5.90. The molecule has 20 heavy (non-hydrogen) atoms. The monoisotopic (exact) mass is 274 g/mol. The van der Waals surface area contributed by atoms with Gasteiger partial charge >= 0.3 is 0 Å². The molecule has 0 amide bonds. The molecule has 1 aromatic carbocycles. The van der Waals surface area contributed by atoms with E-state index in [4.69, 9.17) is 5.73 Å². The van der Waals surface area contributed by atoms with Crippen LogP contribution in [0.25, 0.3) is 0 Å². The highest BCUT2D eigenvalue weighted by molar-refractivity contribution is 5.49. The first-order valence-corrected chi connectivity index (χ1v) is 8.35. The fourth-order valence-electron chi connectivity index (χ4n) is 3.24. The smallest absolute Gasteiger partial charge is 0.0368 e. The Hall–Kier alpha value is -1.02. The lowest BCUT2D eigenvalue weighted by Gasteiger charge is -2.37.